The summed E-state index contributed by atoms with van der Waals surface area (Å²) in [4.78, 5) is 18.6. The van der Waals surface area contributed by atoms with Crippen molar-refractivity contribution in [3.8, 4) is 5.88 Å². The number of hydrogen-bond acceptors (Lipinski definition) is 4. The molecule has 0 N–H and O–H groups in total. The zero-order valence-electron chi connectivity index (χ0n) is 14.5. The topological polar surface area (TPSA) is 55.0 Å². The first-order chi connectivity index (χ1) is 12.2. The van der Waals surface area contributed by atoms with E-state index in [1.54, 1.807) is 11.0 Å². The van der Waals surface area contributed by atoms with Crippen LogP contribution in [0.5, 0.6) is 5.88 Å². The Morgan fingerprint density at radius 2 is 1.92 bits per heavy atom. The van der Waals surface area contributed by atoms with E-state index in [9.17, 15) is 18.0 Å². The van der Waals surface area contributed by atoms with E-state index >= 15 is 0 Å². The van der Waals surface area contributed by atoms with E-state index in [0.29, 0.717) is 12.2 Å². The van der Waals surface area contributed by atoms with Gasteiger partial charge in [0.25, 0.3) is 0 Å². The molecule has 3 heterocycles. The van der Waals surface area contributed by atoms with Gasteiger partial charge in [0.05, 0.1) is 29.5 Å². The minimum atomic E-state index is -4.44. The number of pyridine rings is 1. The van der Waals surface area contributed by atoms with Crippen molar-refractivity contribution in [1.29, 1.82) is 0 Å². The third-order valence-electron chi connectivity index (χ3n) is 5.97. The summed E-state index contributed by atoms with van der Waals surface area (Å²) in [6, 6.07) is 2.97. The molecule has 1 aromatic heterocycles. The molecule has 1 amide bonds. The maximum absolute atomic E-state index is 13.0. The number of carbonyl (C=O) groups is 1. The van der Waals surface area contributed by atoms with E-state index in [1.165, 1.54) is 12.3 Å². The smallest absolute Gasteiger partial charge is 0.425 e. The Balaban J connectivity index is 1.43. The van der Waals surface area contributed by atoms with Crippen LogP contribution >= 0.6 is 0 Å². The summed E-state index contributed by atoms with van der Waals surface area (Å²) < 4.78 is 48.0. The van der Waals surface area contributed by atoms with Gasteiger partial charge in [-0.25, -0.2) is 4.98 Å². The lowest BCUT2D eigenvalue weighted by Gasteiger charge is -2.34. The number of rotatable bonds is 3. The highest BCUT2D eigenvalue weighted by atomic mass is 19.4. The van der Waals surface area contributed by atoms with Crippen molar-refractivity contribution in [2.24, 2.45) is 5.41 Å². The number of ether oxygens (including phenoxy) is 2. The molecule has 4 rings (SSSR count). The Labute approximate surface area is 149 Å². The van der Waals surface area contributed by atoms with Crippen LogP contribution in [0.3, 0.4) is 0 Å². The number of epoxide rings is 1. The van der Waals surface area contributed by atoms with Crippen LogP contribution in [-0.4, -0.2) is 41.9 Å². The van der Waals surface area contributed by atoms with Crippen molar-refractivity contribution in [3.05, 3.63) is 18.3 Å². The van der Waals surface area contributed by atoms with Crippen molar-refractivity contribution in [2.75, 3.05) is 18.1 Å². The first kappa shape index (κ1) is 17.6. The van der Waals surface area contributed by atoms with E-state index in [0.717, 1.165) is 45.6 Å². The fourth-order valence-corrected chi connectivity index (χ4v) is 3.96. The summed E-state index contributed by atoms with van der Waals surface area (Å²) in [6.45, 7) is 2.35. The Hall–Kier alpha value is -1.83. The second-order valence-electron chi connectivity index (χ2n) is 7.62. The number of aromatic nitrogens is 1. The number of alkyl halides is 3. The molecule has 0 radical (unpaired) electrons. The predicted molar refractivity (Wildman–Crippen MR) is 86.9 cm³/mol. The molecule has 2 aliphatic heterocycles. The molecule has 0 unspecified atom stereocenters. The summed E-state index contributed by atoms with van der Waals surface area (Å²) >= 11 is 0. The molecule has 142 valence electrons. The Kier molecular flexibility index (Phi) is 3.95. The van der Waals surface area contributed by atoms with Gasteiger partial charge in [-0.15, -0.1) is 0 Å². The molecular weight excluding hydrogens is 349 g/mol. The normalized spacial score (nSPS) is 32.3. The van der Waals surface area contributed by atoms with Gasteiger partial charge in [0.1, 0.15) is 0 Å². The highest BCUT2D eigenvalue weighted by Gasteiger charge is 2.56. The van der Waals surface area contributed by atoms with Gasteiger partial charge >= 0.3 is 6.18 Å². The SMILES string of the molecule is C[C@@H](Oc1ccc(N2CCC3(CCC4(CC3)CO4)C2=O)cn1)C(F)(F)F. The molecule has 0 aromatic carbocycles. The highest BCUT2D eigenvalue weighted by Crippen LogP contribution is 2.53. The predicted octanol–water partition coefficient (Wildman–Crippen LogP) is 3.48. The van der Waals surface area contributed by atoms with Gasteiger partial charge in [-0.3, -0.25) is 4.79 Å². The van der Waals surface area contributed by atoms with Crippen LogP contribution in [-0.2, 0) is 9.53 Å². The molecule has 5 nitrogen and oxygen atoms in total. The monoisotopic (exact) mass is 370 g/mol. The first-order valence-electron chi connectivity index (χ1n) is 8.89. The number of halogens is 3. The van der Waals surface area contributed by atoms with Crippen molar-refractivity contribution in [2.45, 2.75) is 56.9 Å². The van der Waals surface area contributed by atoms with Gasteiger partial charge in [0, 0.05) is 12.6 Å². The Morgan fingerprint density at radius 1 is 1.23 bits per heavy atom. The maximum atomic E-state index is 13.0. The summed E-state index contributed by atoms with van der Waals surface area (Å²) in [7, 11) is 0. The summed E-state index contributed by atoms with van der Waals surface area (Å²) in [5.74, 6) is -0.0162. The van der Waals surface area contributed by atoms with Crippen LogP contribution in [0, 0.1) is 5.41 Å². The van der Waals surface area contributed by atoms with Gasteiger partial charge in [0.2, 0.25) is 11.8 Å². The van der Waals surface area contributed by atoms with Gasteiger partial charge < -0.3 is 14.4 Å². The molecular formula is C18H21F3N2O3. The quantitative estimate of drug-likeness (QED) is 0.765. The molecule has 0 bridgehead atoms. The number of nitrogens with zero attached hydrogens (tertiary/aromatic N) is 2. The molecule has 26 heavy (non-hydrogen) atoms. The largest absolute Gasteiger partial charge is 0.465 e. The second kappa shape index (κ2) is 5.84. The zero-order chi connectivity index (χ0) is 18.6. The number of anilines is 1. The molecule has 8 heteroatoms. The molecule has 1 saturated carbocycles. The molecule has 1 aliphatic carbocycles. The fourth-order valence-electron chi connectivity index (χ4n) is 3.96. The van der Waals surface area contributed by atoms with Crippen molar-refractivity contribution in [3.63, 3.8) is 0 Å². The molecule has 2 spiro atoms. The lowest BCUT2D eigenvalue weighted by atomic mass is 9.69. The average molecular weight is 370 g/mol. The summed E-state index contributed by atoms with van der Waals surface area (Å²) in [6.07, 6.45) is -0.660. The minimum Gasteiger partial charge on any atom is -0.465 e. The molecule has 3 fully saturated rings. The fraction of sp³-hybridized carbons (Fsp3) is 0.667. The van der Waals surface area contributed by atoms with Gasteiger partial charge in [-0.1, -0.05) is 0 Å². The Morgan fingerprint density at radius 3 is 2.46 bits per heavy atom. The lowest BCUT2D eigenvalue weighted by molar-refractivity contribution is -0.189. The summed E-state index contributed by atoms with van der Waals surface area (Å²) in [5.41, 5.74) is 0.313. The van der Waals surface area contributed by atoms with Crippen LogP contribution in [0.25, 0.3) is 0 Å². The standard InChI is InChI=1S/C18H21F3N2O3/c1-12(18(19,20)21)26-14-3-2-13(10-22-14)23-9-8-16(15(23)24)4-6-17(7-5-16)11-25-17/h2-3,10,12H,4-9,11H2,1H3/t12-,16?,17?/m1/s1. The number of amides is 1. The van der Waals surface area contributed by atoms with Crippen LogP contribution in [0.2, 0.25) is 0 Å². The number of carbonyl (C=O) groups excluding carboxylic acids is 1. The highest BCUT2D eigenvalue weighted by molar-refractivity contribution is 5.99. The minimum absolute atomic E-state index is 0.0364. The summed E-state index contributed by atoms with van der Waals surface area (Å²) in [5, 5.41) is 0. The van der Waals surface area contributed by atoms with Crippen molar-refractivity contribution in [1.82, 2.24) is 4.98 Å². The van der Waals surface area contributed by atoms with E-state index in [4.69, 9.17) is 9.47 Å². The molecule has 1 aromatic rings. The van der Waals surface area contributed by atoms with Gasteiger partial charge in [-0.2, -0.15) is 13.2 Å². The molecule has 1 atom stereocenters. The van der Waals surface area contributed by atoms with Crippen LogP contribution in [0.15, 0.2) is 18.3 Å². The lowest BCUT2D eigenvalue weighted by Crippen LogP contribution is -2.39. The van der Waals surface area contributed by atoms with Crippen LogP contribution in [0.4, 0.5) is 18.9 Å². The third-order valence-corrected chi connectivity index (χ3v) is 5.97. The maximum Gasteiger partial charge on any atom is 0.425 e. The van der Waals surface area contributed by atoms with E-state index in [2.05, 4.69) is 4.98 Å². The van der Waals surface area contributed by atoms with E-state index in [-0.39, 0.29) is 22.8 Å². The van der Waals surface area contributed by atoms with Gasteiger partial charge in [0.15, 0.2) is 6.10 Å². The van der Waals surface area contributed by atoms with Gasteiger partial charge in [-0.05, 0) is 45.1 Å². The first-order valence-corrected chi connectivity index (χ1v) is 8.89. The van der Waals surface area contributed by atoms with Crippen LogP contribution in [0.1, 0.15) is 39.0 Å². The number of hydrogen-bond donors (Lipinski definition) is 0. The zero-order valence-corrected chi connectivity index (χ0v) is 14.5. The average Bonchev–Trinajstić information content (AvgIpc) is 3.29. The third kappa shape index (κ3) is 3.04. The van der Waals surface area contributed by atoms with Crippen LogP contribution < -0.4 is 9.64 Å². The molecule has 3 aliphatic rings. The van der Waals surface area contributed by atoms with Crippen molar-refractivity contribution < 1.29 is 27.4 Å². The van der Waals surface area contributed by atoms with E-state index < -0.39 is 12.3 Å². The Bertz CT molecular complexity index is 691. The molecule has 2 saturated heterocycles. The second-order valence-corrected chi connectivity index (χ2v) is 7.62. The van der Waals surface area contributed by atoms with Crippen molar-refractivity contribution >= 4 is 11.6 Å². The van der Waals surface area contributed by atoms with E-state index in [1.807, 2.05) is 0 Å².